The summed E-state index contributed by atoms with van der Waals surface area (Å²) in [6.07, 6.45) is 0. The molecule has 0 spiro atoms. The van der Waals surface area contributed by atoms with Crippen LogP contribution in [0.15, 0.2) is 60.7 Å². The second-order valence-electron chi connectivity index (χ2n) is 4.89. The van der Waals surface area contributed by atoms with E-state index >= 15 is 0 Å². The van der Waals surface area contributed by atoms with Crippen molar-refractivity contribution in [2.45, 2.75) is 13.1 Å². The van der Waals surface area contributed by atoms with Gasteiger partial charge in [0.2, 0.25) is 0 Å². The van der Waals surface area contributed by atoms with Gasteiger partial charge >= 0.3 is 0 Å². The van der Waals surface area contributed by atoms with Crippen LogP contribution in [-0.2, 0) is 17.8 Å². The van der Waals surface area contributed by atoms with Crippen molar-refractivity contribution < 1.29 is 4.74 Å². The van der Waals surface area contributed by atoms with Crippen LogP contribution in [0.25, 0.3) is 0 Å². The zero-order valence-corrected chi connectivity index (χ0v) is 12.1. The number of nitriles is 1. The van der Waals surface area contributed by atoms with E-state index in [0.717, 1.165) is 19.6 Å². The predicted octanol–water partition coefficient (Wildman–Crippen LogP) is 3.23. The van der Waals surface area contributed by atoms with Crippen molar-refractivity contribution in [1.82, 2.24) is 4.90 Å². The number of nitrogens with zero attached hydrogens (tertiary/aromatic N) is 2. The van der Waals surface area contributed by atoms with E-state index in [1.54, 1.807) is 0 Å². The van der Waals surface area contributed by atoms with Gasteiger partial charge in [-0.1, -0.05) is 60.7 Å². The third-order valence-electron chi connectivity index (χ3n) is 3.22. The molecule has 0 aliphatic rings. The fourth-order valence-corrected chi connectivity index (χ4v) is 2.21. The van der Waals surface area contributed by atoms with Gasteiger partial charge < -0.3 is 4.74 Å². The van der Waals surface area contributed by atoms with Crippen LogP contribution in [0.3, 0.4) is 0 Å². The lowest BCUT2D eigenvalue weighted by atomic mass is 10.1. The van der Waals surface area contributed by atoms with Gasteiger partial charge in [0, 0.05) is 19.6 Å². The second kappa shape index (κ2) is 8.91. The maximum absolute atomic E-state index is 8.51. The lowest BCUT2D eigenvalue weighted by molar-refractivity contribution is 0.120. The summed E-state index contributed by atoms with van der Waals surface area (Å²) in [5, 5.41) is 8.51. The molecule has 0 saturated heterocycles. The lowest BCUT2D eigenvalue weighted by Crippen LogP contribution is -2.27. The minimum absolute atomic E-state index is 0.157. The molecule has 0 unspecified atom stereocenters. The summed E-state index contributed by atoms with van der Waals surface area (Å²) in [7, 11) is 0. The topological polar surface area (TPSA) is 36.3 Å². The van der Waals surface area contributed by atoms with Crippen molar-refractivity contribution in [3.8, 4) is 6.07 Å². The highest BCUT2D eigenvalue weighted by Gasteiger charge is 2.07. The molecule has 0 aliphatic carbocycles. The molecule has 0 atom stereocenters. The Bertz CT molecular complexity index is 507. The molecule has 108 valence electrons. The van der Waals surface area contributed by atoms with Crippen LogP contribution in [0.1, 0.15) is 11.1 Å². The summed E-state index contributed by atoms with van der Waals surface area (Å²) < 4.78 is 5.29. The smallest absolute Gasteiger partial charge is 0.133 e. The molecule has 0 saturated carbocycles. The van der Waals surface area contributed by atoms with Crippen LogP contribution < -0.4 is 0 Å². The van der Waals surface area contributed by atoms with Crippen LogP contribution in [0.5, 0.6) is 0 Å². The lowest BCUT2D eigenvalue weighted by Gasteiger charge is -2.22. The van der Waals surface area contributed by atoms with Gasteiger partial charge in [0.25, 0.3) is 0 Å². The van der Waals surface area contributed by atoms with Gasteiger partial charge in [0.05, 0.1) is 12.7 Å². The van der Waals surface area contributed by atoms with Crippen LogP contribution >= 0.6 is 0 Å². The summed E-state index contributed by atoms with van der Waals surface area (Å²) in [5.74, 6) is 0. The van der Waals surface area contributed by atoms with E-state index < -0.39 is 0 Å². The number of ether oxygens (including phenoxy) is 1. The van der Waals surface area contributed by atoms with Gasteiger partial charge in [0.1, 0.15) is 6.61 Å². The molecule has 2 aromatic carbocycles. The third kappa shape index (κ3) is 5.78. The molecule has 0 aliphatic heterocycles. The SMILES string of the molecule is N#[13C]COCCN(Cc1ccccc1)Cc1ccccc1. The van der Waals surface area contributed by atoms with E-state index in [4.69, 9.17) is 10.00 Å². The Morgan fingerprint density at radius 1 is 0.857 bits per heavy atom. The first-order valence-corrected chi connectivity index (χ1v) is 7.13. The fourth-order valence-electron chi connectivity index (χ4n) is 2.21. The van der Waals surface area contributed by atoms with Crippen molar-refractivity contribution in [3.63, 3.8) is 0 Å². The summed E-state index contributed by atoms with van der Waals surface area (Å²) >= 11 is 0. The largest absolute Gasteiger partial charge is 0.365 e. The van der Waals surface area contributed by atoms with Crippen molar-refractivity contribution in [2.75, 3.05) is 19.8 Å². The first-order valence-electron chi connectivity index (χ1n) is 7.13. The molecule has 0 bridgehead atoms. The Kier molecular flexibility index (Phi) is 6.47. The Balaban J connectivity index is 1.94. The van der Waals surface area contributed by atoms with E-state index in [-0.39, 0.29) is 6.61 Å². The zero-order valence-electron chi connectivity index (χ0n) is 12.1. The van der Waals surface area contributed by atoms with Crippen LogP contribution in [0, 0.1) is 11.3 Å². The molecule has 21 heavy (non-hydrogen) atoms. The van der Waals surface area contributed by atoms with Crippen molar-refractivity contribution in [3.05, 3.63) is 71.8 Å². The molecule has 0 radical (unpaired) electrons. The number of rotatable bonds is 8. The van der Waals surface area contributed by atoms with E-state index in [0.29, 0.717) is 6.61 Å². The normalized spacial score (nSPS) is 10.5. The molecule has 2 aromatic rings. The molecule has 0 heterocycles. The minimum atomic E-state index is 0.157. The number of benzene rings is 2. The van der Waals surface area contributed by atoms with Crippen LogP contribution in [-0.4, -0.2) is 24.7 Å². The highest BCUT2D eigenvalue weighted by molar-refractivity contribution is 5.17. The van der Waals surface area contributed by atoms with Crippen molar-refractivity contribution >= 4 is 0 Å². The molecular formula is C18H20N2O. The van der Waals surface area contributed by atoms with Crippen molar-refractivity contribution in [2.24, 2.45) is 0 Å². The average Bonchev–Trinajstić information content (AvgIpc) is 2.53. The maximum Gasteiger partial charge on any atom is 0.133 e. The van der Waals surface area contributed by atoms with Gasteiger partial charge in [-0.05, 0) is 11.1 Å². The zero-order chi connectivity index (χ0) is 14.8. The Labute approximate surface area is 126 Å². The molecule has 0 N–H and O–H groups in total. The first kappa shape index (κ1) is 15.2. The molecule has 0 fully saturated rings. The molecule has 2 rings (SSSR count). The van der Waals surface area contributed by atoms with Gasteiger partial charge in [-0.2, -0.15) is 5.26 Å². The predicted molar refractivity (Wildman–Crippen MR) is 83.4 cm³/mol. The highest BCUT2D eigenvalue weighted by Crippen LogP contribution is 2.09. The van der Waals surface area contributed by atoms with Crippen molar-refractivity contribution in [1.29, 1.82) is 5.26 Å². The molecule has 0 aromatic heterocycles. The summed E-state index contributed by atoms with van der Waals surface area (Å²) in [5.41, 5.74) is 2.57. The van der Waals surface area contributed by atoms with E-state index in [1.807, 2.05) is 18.2 Å². The van der Waals surface area contributed by atoms with E-state index in [2.05, 4.69) is 53.4 Å². The van der Waals surface area contributed by atoms with E-state index in [1.165, 1.54) is 11.1 Å². The third-order valence-corrected chi connectivity index (χ3v) is 3.22. The Morgan fingerprint density at radius 2 is 1.38 bits per heavy atom. The number of hydrogen-bond acceptors (Lipinski definition) is 3. The fraction of sp³-hybridized carbons (Fsp3) is 0.278. The Morgan fingerprint density at radius 3 is 1.86 bits per heavy atom. The standard InChI is InChI=1S/C18H20N2O/c19-11-13-21-14-12-20(15-17-7-3-1-4-8-17)16-18-9-5-2-6-10-18/h1-10H,12-16H2/i11+1. The molecule has 0 amide bonds. The first-order chi connectivity index (χ1) is 10.4. The van der Waals surface area contributed by atoms with Gasteiger partial charge in [-0.3, -0.25) is 4.90 Å². The van der Waals surface area contributed by atoms with Crippen LogP contribution in [0.4, 0.5) is 0 Å². The van der Waals surface area contributed by atoms with E-state index in [9.17, 15) is 0 Å². The highest BCUT2D eigenvalue weighted by atomic mass is 16.5. The average molecular weight is 281 g/mol. The maximum atomic E-state index is 8.51. The minimum Gasteiger partial charge on any atom is -0.365 e. The molecule has 3 heteroatoms. The monoisotopic (exact) mass is 281 g/mol. The van der Waals surface area contributed by atoms with Gasteiger partial charge in [-0.25, -0.2) is 0 Å². The second-order valence-corrected chi connectivity index (χ2v) is 4.89. The summed E-state index contributed by atoms with van der Waals surface area (Å²) in [4.78, 5) is 2.34. The van der Waals surface area contributed by atoms with Crippen LogP contribution in [0.2, 0.25) is 0 Å². The summed E-state index contributed by atoms with van der Waals surface area (Å²) in [6, 6.07) is 22.8. The molecular weight excluding hydrogens is 261 g/mol. The molecule has 3 nitrogen and oxygen atoms in total. The summed E-state index contributed by atoms with van der Waals surface area (Å²) in [6.45, 7) is 3.31. The van der Waals surface area contributed by atoms with Gasteiger partial charge in [-0.15, -0.1) is 0 Å². The Hall–Kier alpha value is -2.15. The van der Waals surface area contributed by atoms with Gasteiger partial charge in [0.15, 0.2) is 0 Å². The quantitative estimate of drug-likeness (QED) is 0.550. The number of hydrogen-bond donors (Lipinski definition) is 0.